The van der Waals surface area contributed by atoms with Crippen LogP contribution in [0.25, 0.3) is 11.0 Å². The van der Waals surface area contributed by atoms with Crippen molar-refractivity contribution in [1.29, 1.82) is 0 Å². The van der Waals surface area contributed by atoms with Gasteiger partial charge in [-0.05, 0) is 31.9 Å². The third-order valence-corrected chi connectivity index (χ3v) is 4.96. The Balaban J connectivity index is 0.00000300. The van der Waals surface area contributed by atoms with E-state index in [-0.39, 0.29) is 41.8 Å². The first-order chi connectivity index (χ1) is 13.6. The van der Waals surface area contributed by atoms with Gasteiger partial charge in [0.15, 0.2) is 5.96 Å². The molecule has 8 heteroatoms. The van der Waals surface area contributed by atoms with E-state index in [9.17, 15) is 4.79 Å². The third-order valence-electron chi connectivity index (χ3n) is 4.96. The molecule has 1 aromatic carbocycles. The molecule has 1 atom stereocenters. The van der Waals surface area contributed by atoms with Gasteiger partial charge >= 0.3 is 0 Å². The number of benzene rings is 1. The lowest BCUT2D eigenvalue weighted by atomic mass is 10.2. The summed E-state index contributed by atoms with van der Waals surface area (Å²) >= 11 is 0. The molecule has 7 nitrogen and oxygen atoms in total. The highest BCUT2D eigenvalue weighted by Gasteiger charge is 2.27. The minimum atomic E-state index is 0. The van der Waals surface area contributed by atoms with Crippen molar-refractivity contribution < 1.29 is 4.79 Å². The maximum Gasteiger partial charge on any atom is 0.225 e. The molecule has 1 aromatic heterocycles. The number of nitrogens with zero attached hydrogens (tertiary/aromatic N) is 3. The van der Waals surface area contributed by atoms with Crippen molar-refractivity contribution >= 4 is 46.9 Å². The number of para-hydroxylation sites is 2. The van der Waals surface area contributed by atoms with Crippen molar-refractivity contribution in [2.75, 3.05) is 26.2 Å². The number of nitrogens with one attached hydrogen (secondary N) is 3. The summed E-state index contributed by atoms with van der Waals surface area (Å²) in [6.07, 6.45) is 2.76. The Labute approximate surface area is 190 Å². The number of imidazole rings is 1. The molecule has 0 radical (unpaired) electrons. The van der Waals surface area contributed by atoms with Crippen LogP contribution < -0.4 is 10.6 Å². The van der Waals surface area contributed by atoms with Crippen LogP contribution in [0.3, 0.4) is 0 Å². The lowest BCUT2D eigenvalue weighted by Crippen LogP contribution is -2.45. The molecule has 29 heavy (non-hydrogen) atoms. The molecular formula is C21H33IN6O. The van der Waals surface area contributed by atoms with E-state index in [0.717, 1.165) is 68.3 Å². The molecule has 1 fully saturated rings. The molecule has 3 rings (SSSR count). The van der Waals surface area contributed by atoms with Crippen molar-refractivity contribution in [3.8, 4) is 0 Å². The molecule has 2 aromatic rings. The second-order valence-corrected chi connectivity index (χ2v) is 7.63. The molecule has 2 heterocycles. The smallest absolute Gasteiger partial charge is 0.225 e. The molecule has 0 bridgehead atoms. The maximum atomic E-state index is 12.2. The first-order valence-corrected chi connectivity index (χ1v) is 10.3. The van der Waals surface area contributed by atoms with E-state index in [2.05, 4.69) is 27.5 Å². The Morgan fingerprint density at radius 1 is 1.38 bits per heavy atom. The first kappa shape index (κ1) is 23.4. The van der Waals surface area contributed by atoms with Crippen LogP contribution in [0.15, 0.2) is 29.3 Å². The molecule has 0 aliphatic carbocycles. The molecule has 160 valence electrons. The van der Waals surface area contributed by atoms with Crippen LogP contribution in [0.4, 0.5) is 0 Å². The lowest BCUT2D eigenvalue weighted by Gasteiger charge is -2.20. The summed E-state index contributed by atoms with van der Waals surface area (Å²) in [5.74, 6) is 2.12. The molecular weight excluding hydrogens is 479 g/mol. The van der Waals surface area contributed by atoms with Gasteiger partial charge in [-0.3, -0.25) is 9.79 Å². The SMILES string of the molecule is CCNC(=NCCCc1nc2ccccc2[nH]1)NC1CCN(C(=O)C(C)C)C1.I. The van der Waals surface area contributed by atoms with Crippen LogP contribution in [0.2, 0.25) is 0 Å². The Morgan fingerprint density at radius 2 is 2.17 bits per heavy atom. The van der Waals surface area contributed by atoms with Gasteiger partial charge in [0.2, 0.25) is 5.91 Å². The van der Waals surface area contributed by atoms with Gasteiger partial charge in [0.05, 0.1) is 11.0 Å². The van der Waals surface area contributed by atoms with Crippen LogP contribution in [-0.2, 0) is 11.2 Å². The average molecular weight is 512 g/mol. The van der Waals surface area contributed by atoms with Gasteiger partial charge in [0, 0.05) is 44.6 Å². The van der Waals surface area contributed by atoms with Gasteiger partial charge in [0.1, 0.15) is 5.82 Å². The number of aromatic amines is 1. The molecule has 1 unspecified atom stereocenters. The minimum absolute atomic E-state index is 0. The van der Waals surface area contributed by atoms with Gasteiger partial charge in [0.25, 0.3) is 0 Å². The van der Waals surface area contributed by atoms with Crippen LogP contribution in [-0.4, -0.2) is 59.0 Å². The van der Waals surface area contributed by atoms with Crippen LogP contribution in [0.1, 0.15) is 39.4 Å². The number of hydrogen-bond acceptors (Lipinski definition) is 3. The number of carbonyl (C=O) groups excluding carboxylic acids is 1. The first-order valence-electron chi connectivity index (χ1n) is 10.3. The van der Waals surface area contributed by atoms with Crippen molar-refractivity contribution in [2.45, 2.75) is 46.1 Å². The third kappa shape index (κ3) is 6.58. The Hall–Kier alpha value is -1.84. The standard InChI is InChI=1S/C21H32N6O.HI/c1-4-22-21(24-16-11-13-27(14-16)20(28)15(2)3)23-12-7-10-19-25-17-8-5-6-9-18(17)26-19;/h5-6,8-9,15-16H,4,7,10-14H2,1-3H3,(H,25,26)(H2,22,23,24);1H. The highest BCUT2D eigenvalue weighted by molar-refractivity contribution is 14.0. The predicted molar refractivity (Wildman–Crippen MR) is 129 cm³/mol. The number of rotatable bonds is 7. The molecule has 1 saturated heterocycles. The molecule has 1 aliphatic heterocycles. The van der Waals surface area contributed by atoms with E-state index in [4.69, 9.17) is 4.99 Å². The summed E-state index contributed by atoms with van der Waals surface area (Å²) in [7, 11) is 0. The quantitative estimate of drug-likeness (QED) is 0.231. The molecule has 0 spiro atoms. The van der Waals surface area contributed by atoms with Crippen LogP contribution in [0.5, 0.6) is 0 Å². The molecule has 3 N–H and O–H groups in total. The van der Waals surface area contributed by atoms with Crippen LogP contribution in [0, 0.1) is 5.92 Å². The zero-order valence-corrected chi connectivity index (χ0v) is 19.9. The topological polar surface area (TPSA) is 85.4 Å². The number of fused-ring (bicyclic) bond motifs is 1. The summed E-state index contributed by atoms with van der Waals surface area (Å²) < 4.78 is 0. The number of aliphatic imine (C=N–C) groups is 1. The number of hydrogen-bond donors (Lipinski definition) is 3. The van der Waals surface area contributed by atoms with E-state index in [1.807, 2.05) is 43.0 Å². The molecule has 0 saturated carbocycles. The number of halogens is 1. The van der Waals surface area contributed by atoms with Gasteiger partial charge in [-0.15, -0.1) is 24.0 Å². The Morgan fingerprint density at radius 3 is 2.90 bits per heavy atom. The highest BCUT2D eigenvalue weighted by atomic mass is 127. The largest absolute Gasteiger partial charge is 0.357 e. The summed E-state index contributed by atoms with van der Waals surface area (Å²) in [4.78, 5) is 26.8. The average Bonchev–Trinajstić information content (AvgIpc) is 3.31. The number of carbonyl (C=O) groups is 1. The number of amides is 1. The number of guanidine groups is 1. The van der Waals surface area contributed by atoms with Crippen molar-refractivity contribution in [3.05, 3.63) is 30.1 Å². The number of likely N-dealkylation sites (tertiary alicyclic amines) is 1. The van der Waals surface area contributed by atoms with E-state index >= 15 is 0 Å². The highest BCUT2D eigenvalue weighted by Crippen LogP contribution is 2.13. The second kappa shape index (κ2) is 11.4. The fourth-order valence-corrected chi connectivity index (χ4v) is 3.52. The number of H-pyrrole nitrogens is 1. The van der Waals surface area contributed by atoms with E-state index in [1.54, 1.807) is 0 Å². The fourth-order valence-electron chi connectivity index (χ4n) is 3.52. The Kier molecular flexibility index (Phi) is 9.19. The predicted octanol–water partition coefficient (Wildman–Crippen LogP) is 2.93. The summed E-state index contributed by atoms with van der Waals surface area (Å²) in [6, 6.07) is 8.35. The van der Waals surface area contributed by atoms with Gasteiger partial charge in [-0.2, -0.15) is 0 Å². The zero-order chi connectivity index (χ0) is 19.9. The fraction of sp³-hybridized carbons (Fsp3) is 0.571. The maximum absolute atomic E-state index is 12.2. The van der Waals surface area contributed by atoms with Crippen molar-refractivity contribution in [2.24, 2.45) is 10.9 Å². The van der Waals surface area contributed by atoms with Crippen molar-refractivity contribution in [3.63, 3.8) is 0 Å². The van der Waals surface area contributed by atoms with E-state index < -0.39 is 0 Å². The van der Waals surface area contributed by atoms with E-state index in [0.29, 0.717) is 0 Å². The van der Waals surface area contributed by atoms with Crippen molar-refractivity contribution in [1.82, 2.24) is 25.5 Å². The summed E-state index contributed by atoms with van der Waals surface area (Å²) in [6.45, 7) is 9.09. The summed E-state index contributed by atoms with van der Waals surface area (Å²) in [5, 5.41) is 6.79. The Bertz CT molecular complexity index is 785. The van der Waals surface area contributed by atoms with E-state index in [1.165, 1.54) is 0 Å². The zero-order valence-electron chi connectivity index (χ0n) is 17.6. The minimum Gasteiger partial charge on any atom is -0.357 e. The van der Waals surface area contributed by atoms with Crippen LogP contribution >= 0.6 is 24.0 Å². The number of aromatic nitrogens is 2. The lowest BCUT2D eigenvalue weighted by molar-refractivity contribution is -0.133. The van der Waals surface area contributed by atoms with Gasteiger partial charge in [-0.1, -0.05) is 26.0 Å². The normalized spacial score (nSPS) is 16.9. The second-order valence-electron chi connectivity index (χ2n) is 7.63. The summed E-state index contributed by atoms with van der Waals surface area (Å²) in [5.41, 5.74) is 2.09. The van der Waals surface area contributed by atoms with Gasteiger partial charge in [-0.25, -0.2) is 4.98 Å². The van der Waals surface area contributed by atoms with Gasteiger partial charge < -0.3 is 20.5 Å². The molecule has 1 aliphatic rings. The molecule has 1 amide bonds. The number of aryl methyl sites for hydroxylation is 1. The monoisotopic (exact) mass is 512 g/mol.